The molecule has 1 N–H and O–H groups in total. The zero-order valence-electron chi connectivity index (χ0n) is 13.0. The van der Waals surface area contributed by atoms with Gasteiger partial charge in [0, 0.05) is 26.6 Å². The van der Waals surface area contributed by atoms with Crippen molar-refractivity contribution in [3.63, 3.8) is 0 Å². The molecule has 1 aliphatic heterocycles. The Morgan fingerprint density at radius 1 is 1.14 bits per heavy atom. The van der Waals surface area contributed by atoms with Gasteiger partial charge in [-0.25, -0.2) is 0 Å². The molecular formula is C16H27NO4. The van der Waals surface area contributed by atoms with Crippen LogP contribution in [0.15, 0.2) is 0 Å². The molecule has 0 atom stereocenters. The average Bonchev–Trinajstić information content (AvgIpc) is 2.74. The third-order valence-corrected chi connectivity index (χ3v) is 5.13. The molecule has 0 aromatic heterocycles. The van der Waals surface area contributed by atoms with Crippen LogP contribution in [0.3, 0.4) is 0 Å². The van der Waals surface area contributed by atoms with Crippen molar-refractivity contribution in [1.29, 1.82) is 0 Å². The first-order chi connectivity index (χ1) is 10.1. The van der Waals surface area contributed by atoms with Gasteiger partial charge in [0.05, 0.1) is 11.5 Å². The van der Waals surface area contributed by atoms with Crippen molar-refractivity contribution in [2.75, 3.05) is 20.2 Å². The molecule has 2 rings (SSSR count). The van der Waals surface area contributed by atoms with Crippen LogP contribution in [-0.2, 0) is 14.3 Å². The zero-order valence-corrected chi connectivity index (χ0v) is 13.0. The van der Waals surface area contributed by atoms with Gasteiger partial charge in [-0.15, -0.1) is 0 Å². The van der Waals surface area contributed by atoms with Crippen LogP contribution in [0.5, 0.6) is 0 Å². The fraction of sp³-hybridized carbons (Fsp3) is 0.875. The normalized spacial score (nSPS) is 23.6. The summed E-state index contributed by atoms with van der Waals surface area (Å²) in [6.07, 6.45) is 7.40. The van der Waals surface area contributed by atoms with Crippen molar-refractivity contribution in [3.8, 4) is 0 Å². The Hall–Kier alpha value is -1.10. The van der Waals surface area contributed by atoms with Gasteiger partial charge < -0.3 is 14.7 Å². The maximum atomic E-state index is 12.5. The first kappa shape index (κ1) is 16.3. The minimum atomic E-state index is -0.828. The van der Waals surface area contributed by atoms with E-state index in [2.05, 4.69) is 0 Å². The number of aliphatic carboxylic acids is 1. The van der Waals surface area contributed by atoms with Crippen LogP contribution in [-0.4, -0.2) is 48.2 Å². The van der Waals surface area contributed by atoms with Crippen molar-refractivity contribution in [2.45, 2.75) is 63.9 Å². The Kier molecular flexibility index (Phi) is 5.62. The largest absolute Gasteiger partial charge is 0.481 e. The molecular weight excluding hydrogens is 270 g/mol. The summed E-state index contributed by atoms with van der Waals surface area (Å²) in [7, 11) is 1.70. The van der Waals surface area contributed by atoms with Gasteiger partial charge in [-0.1, -0.05) is 25.7 Å². The number of ether oxygens (including phenoxy) is 1. The lowest BCUT2D eigenvalue weighted by Gasteiger charge is -2.34. The van der Waals surface area contributed by atoms with Crippen molar-refractivity contribution in [3.05, 3.63) is 0 Å². The van der Waals surface area contributed by atoms with Crippen LogP contribution in [0.2, 0.25) is 0 Å². The molecule has 0 spiro atoms. The van der Waals surface area contributed by atoms with Crippen LogP contribution in [0.4, 0.5) is 0 Å². The van der Waals surface area contributed by atoms with Crippen LogP contribution in [0.25, 0.3) is 0 Å². The maximum absolute atomic E-state index is 12.5. The Balaban J connectivity index is 1.97. The molecule has 5 heteroatoms. The van der Waals surface area contributed by atoms with Crippen LogP contribution in [0.1, 0.15) is 57.8 Å². The number of hydrogen-bond acceptors (Lipinski definition) is 3. The van der Waals surface area contributed by atoms with Crippen LogP contribution < -0.4 is 0 Å². The number of carbonyl (C=O) groups is 2. The molecule has 1 saturated carbocycles. The molecule has 1 aliphatic carbocycles. The van der Waals surface area contributed by atoms with Gasteiger partial charge in [-0.2, -0.15) is 0 Å². The van der Waals surface area contributed by atoms with Gasteiger partial charge in [0.2, 0.25) is 5.91 Å². The predicted molar refractivity (Wildman–Crippen MR) is 79.0 cm³/mol. The number of likely N-dealkylation sites (tertiary alicyclic amines) is 1. The summed E-state index contributed by atoms with van der Waals surface area (Å²) in [6.45, 7) is 1.38. The van der Waals surface area contributed by atoms with Crippen molar-refractivity contribution in [1.82, 2.24) is 4.90 Å². The zero-order chi connectivity index (χ0) is 15.3. The SMILES string of the molecule is COC1CCN(C(=O)CC2(C(=O)O)CCCCCC2)CC1. The Morgan fingerprint density at radius 2 is 1.71 bits per heavy atom. The average molecular weight is 297 g/mol. The van der Waals surface area contributed by atoms with E-state index in [0.717, 1.165) is 38.5 Å². The number of carbonyl (C=O) groups excluding carboxylic acids is 1. The van der Waals surface area contributed by atoms with Gasteiger partial charge >= 0.3 is 5.97 Å². The fourth-order valence-corrected chi connectivity index (χ4v) is 3.61. The van der Waals surface area contributed by atoms with Gasteiger partial charge in [-0.05, 0) is 25.7 Å². The van der Waals surface area contributed by atoms with E-state index in [9.17, 15) is 14.7 Å². The highest BCUT2D eigenvalue weighted by Gasteiger charge is 2.41. The van der Waals surface area contributed by atoms with Crippen LogP contribution >= 0.6 is 0 Å². The number of nitrogens with zero attached hydrogens (tertiary/aromatic N) is 1. The number of hydrogen-bond donors (Lipinski definition) is 1. The predicted octanol–water partition coefficient (Wildman–Crippen LogP) is 2.44. The number of piperidine rings is 1. The van der Waals surface area contributed by atoms with Crippen molar-refractivity contribution in [2.24, 2.45) is 5.41 Å². The number of methoxy groups -OCH3 is 1. The number of amides is 1. The lowest BCUT2D eigenvalue weighted by molar-refractivity contribution is -0.155. The molecule has 21 heavy (non-hydrogen) atoms. The highest BCUT2D eigenvalue weighted by molar-refractivity contribution is 5.85. The van der Waals surface area contributed by atoms with E-state index in [1.165, 1.54) is 0 Å². The van der Waals surface area contributed by atoms with Crippen molar-refractivity contribution < 1.29 is 19.4 Å². The molecule has 5 nitrogen and oxygen atoms in total. The summed E-state index contributed by atoms with van der Waals surface area (Å²) in [5.41, 5.74) is -0.828. The third kappa shape index (κ3) is 3.96. The molecule has 1 heterocycles. The van der Waals surface area contributed by atoms with E-state index in [0.29, 0.717) is 25.9 Å². The fourth-order valence-electron chi connectivity index (χ4n) is 3.61. The third-order valence-electron chi connectivity index (χ3n) is 5.13. The van der Waals surface area contributed by atoms with Gasteiger partial charge in [0.15, 0.2) is 0 Å². The summed E-state index contributed by atoms with van der Waals surface area (Å²) in [5.74, 6) is -0.779. The molecule has 1 amide bonds. The minimum Gasteiger partial charge on any atom is -0.481 e. The summed E-state index contributed by atoms with van der Waals surface area (Å²) >= 11 is 0. The lowest BCUT2D eigenvalue weighted by Crippen LogP contribution is -2.44. The van der Waals surface area contributed by atoms with E-state index in [1.807, 2.05) is 4.90 Å². The molecule has 0 aromatic carbocycles. The molecule has 0 radical (unpaired) electrons. The maximum Gasteiger partial charge on any atom is 0.310 e. The van der Waals surface area contributed by atoms with Gasteiger partial charge in [0.1, 0.15) is 0 Å². The molecule has 0 aromatic rings. The standard InChI is InChI=1S/C16H27NO4/c1-21-13-6-10-17(11-7-13)14(18)12-16(15(19)20)8-4-2-3-5-9-16/h13H,2-12H2,1H3,(H,19,20). The number of carboxylic acid groups (broad SMARTS) is 1. The second-order valence-corrected chi connectivity index (χ2v) is 6.49. The van der Waals surface area contributed by atoms with E-state index in [4.69, 9.17) is 4.74 Å². The molecule has 0 unspecified atom stereocenters. The Labute approximate surface area is 126 Å². The molecule has 1 saturated heterocycles. The summed E-state index contributed by atoms with van der Waals surface area (Å²) in [4.78, 5) is 26.1. The topological polar surface area (TPSA) is 66.8 Å². The second kappa shape index (κ2) is 7.25. The highest BCUT2D eigenvalue weighted by Crippen LogP contribution is 2.39. The van der Waals surface area contributed by atoms with Gasteiger partial charge in [-0.3, -0.25) is 9.59 Å². The lowest BCUT2D eigenvalue weighted by atomic mass is 9.77. The van der Waals surface area contributed by atoms with Crippen LogP contribution in [0, 0.1) is 5.41 Å². The summed E-state index contributed by atoms with van der Waals surface area (Å²) in [5, 5.41) is 9.65. The number of carboxylic acids is 1. The van der Waals surface area contributed by atoms with E-state index in [1.54, 1.807) is 7.11 Å². The smallest absolute Gasteiger partial charge is 0.310 e. The molecule has 2 fully saturated rings. The van der Waals surface area contributed by atoms with E-state index < -0.39 is 11.4 Å². The number of rotatable bonds is 4. The van der Waals surface area contributed by atoms with Gasteiger partial charge in [0.25, 0.3) is 0 Å². The molecule has 0 bridgehead atoms. The van der Waals surface area contributed by atoms with Crippen molar-refractivity contribution >= 4 is 11.9 Å². The first-order valence-corrected chi connectivity index (χ1v) is 8.11. The monoisotopic (exact) mass is 297 g/mol. The molecule has 2 aliphatic rings. The highest BCUT2D eigenvalue weighted by atomic mass is 16.5. The quantitative estimate of drug-likeness (QED) is 0.809. The Bertz CT molecular complexity index is 366. The molecule has 120 valence electrons. The summed E-state index contributed by atoms with van der Waals surface area (Å²) in [6, 6.07) is 0. The van der Waals surface area contributed by atoms with E-state index >= 15 is 0 Å². The second-order valence-electron chi connectivity index (χ2n) is 6.49. The Morgan fingerprint density at radius 3 is 2.19 bits per heavy atom. The minimum absolute atomic E-state index is 0.00820. The summed E-state index contributed by atoms with van der Waals surface area (Å²) < 4.78 is 5.31. The van der Waals surface area contributed by atoms with E-state index in [-0.39, 0.29) is 18.4 Å². The first-order valence-electron chi connectivity index (χ1n) is 8.11.